The van der Waals surface area contributed by atoms with Crippen LogP contribution < -0.4 is 0 Å². The molecule has 0 saturated carbocycles. The Morgan fingerprint density at radius 3 is 2.24 bits per heavy atom. The Labute approximate surface area is 198 Å². The van der Waals surface area contributed by atoms with Crippen molar-refractivity contribution < 1.29 is 36.9 Å². The monoisotopic (exact) mass is 494 g/mol. The fourth-order valence-corrected chi connectivity index (χ4v) is 3.93. The van der Waals surface area contributed by atoms with Crippen LogP contribution in [0.4, 0.5) is 17.6 Å². The van der Waals surface area contributed by atoms with Crippen LogP contribution in [0.1, 0.15) is 17.4 Å². The van der Waals surface area contributed by atoms with Crippen LogP contribution in [-0.2, 0) is 14.2 Å². The number of benzene rings is 3. The van der Waals surface area contributed by atoms with Gasteiger partial charge in [-0.15, -0.1) is 0 Å². The van der Waals surface area contributed by atoms with Crippen LogP contribution in [0.3, 0.4) is 0 Å². The number of aliphatic hydroxyl groups is 1. The Balaban J connectivity index is 1.54. The Morgan fingerprint density at radius 2 is 1.62 bits per heavy atom. The lowest BCUT2D eigenvalue weighted by Gasteiger charge is -2.29. The summed E-state index contributed by atoms with van der Waals surface area (Å²) in [5, 5.41) is 9.04. The normalized spacial score (nSPS) is 18.1. The molecule has 1 fully saturated rings. The van der Waals surface area contributed by atoms with Gasteiger partial charge in [-0.2, -0.15) is 8.78 Å². The van der Waals surface area contributed by atoms with Crippen molar-refractivity contribution in [1.29, 1.82) is 0 Å². The van der Waals surface area contributed by atoms with Crippen molar-refractivity contribution in [3.63, 3.8) is 0 Å². The van der Waals surface area contributed by atoms with Gasteiger partial charge >= 0.3 is 0 Å². The number of aliphatic hydroxyl groups excluding tert-OH is 1. The first kappa shape index (κ1) is 24.4. The summed E-state index contributed by atoms with van der Waals surface area (Å²) in [7, 11) is 0. The minimum absolute atomic E-state index is 0.201. The molecule has 0 bridgehead atoms. The number of ether oxygens (including phenoxy) is 3. The van der Waals surface area contributed by atoms with Crippen molar-refractivity contribution in [2.75, 3.05) is 20.0 Å². The average Bonchev–Trinajstić information content (AvgIpc) is 2.81. The molecule has 0 spiro atoms. The molecule has 4 rings (SSSR count). The molecule has 3 aromatic rings. The van der Waals surface area contributed by atoms with E-state index in [1.54, 1.807) is 30.3 Å². The molecular weight excluding hydrogens is 476 g/mol. The minimum atomic E-state index is -2.00. The molecule has 0 atom stereocenters. The second-order valence-electron chi connectivity index (χ2n) is 7.52. The molecule has 0 aliphatic carbocycles. The van der Waals surface area contributed by atoms with Gasteiger partial charge in [-0.05, 0) is 29.3 Å². The Kier molecular flexibility index (Phi) is 7.65. The topological polar surface area (TPSA) is 47.9 Å². The van der Waals surface area contributed by atoms with E-state index in [1.165, 1.54) is 18.2 Å². The van der Waals surface area contributed by atoms with Crippen LogP contribution in [0, 0.1) is 11.6 Å². The summed E-state index contributed by atoms with van der Waals surface area (Å²) in [4.78, 5) is 0. The molecule has 1 saturated heterocycles. The Morgan fingerprint density at radius 1 is 0.941 bits per heavy atom. The number of hydrogen-bond acceptors (Lipinski definition) is 4. The highest BCUT2D eigenvalue weighted by Gasteiger charge is 2.25. The minimum Gasteiger partial charge on any atom is -0.371 e. The summed E-state index contributed by atoms with van der Waals surface area (Å²) in [5.41, 5.74) is 1.91. The van der Waals surface area contributed by atoms with Gasteiger partial charge in [0.25, 0.3) is 6.08 Å². The lowest BCUT2D eigenvalue weighted by Crippen LogP contribution is -2.33. The molecular formula is C25H19ClF4O4. The third kappa shape index (κ3) is 5.48. The lowest BCUT2D eigenvalue weighted by molar-refractivity contribution is -0.240. The molecule has 1 N–H and O–H groups in total. The van der Waals surface area contributed by atoms with Crippen LogP contribution >= 0.6 is 11.6 Å². The van der Waals surface area contributed by atoms with Gasteiger partial charge in [0.15, 0.2) is 6.29 Å². The van der Waals surface area contributed by atoms with Crippen molar-refractivity contribution in [2.24, 2.45) is 0 Å². The highest BCUT2D eigenvalue weighted by atomic mass is 35.5. The highest BCUT2D eigenvalue weighted by Crippen LogP contribution is 2.35. The van der Waals surface area contributed by atoms with Crippen LogP contribution in [0.2, 0.25) is 5.02 Å². The van der Waals surface area contributed by atoms with Gasteiger partial charge in [0.05, 0.1) is 13.2 Å². The van der Waals surface area contributed by atoms with Gasteiger partial charge in [0, 0.05) is 33.4 Å². The molecule has 1 aliphatic heterocycles. The molecule has 0 radical (unpaired) electrons. The third-order valence-electron chi connectivity index (χ3n) is 5.30. The smallest absolute Gasteiger partial charge is 0.271 e. The zero-order valence-corrected chi connectivity index (χ0v) is 18.4. The molecule has 4 nitrogen and oxygen atoms in total. The number of hydrogen-bond donors (Lipinski definition) is 1. The van der Waals surface area contributed by atoms with Gasteiger partial charge in [0.1, 0.15) is 24.5 Å². The molecule has 0 aromatic heterocycles. The molecule has 0 amide bonds. The second-order valence-corrected chi connectivity index (χ2v) is 7.93. The van der Waals surface area contributed by atoms with E-state index in [1.807, 2.05) is 0 Å². The summed E-state index contributed by atoms with van der Waals surface area (Å²) in [5.74, 6) is -1.33. The maximum atomic E-state index is 14.9. The van der Waals surface area contributed by atoms with Crippen molar-refractivity contribution in [2.45, 2.75) is 12.4 Å². The second kappa shape index (κ2) is 10.7. The Hall–Kier alpha value is -2.75. The first-order valence-electron chi connectivity index (χ1n) is 10.2. The zero-order chi connectivity index (χ0) is 24.2. The highest BCUT2D eigenvalue weighted by molar-refractivity contribution is 6.33. The van der Waals surface area contributed by atoms with Gasteiger partial charge < -0.3 is 19.3 Å². The molecule has 1 heterocycles. The lowest BCUT2D eigenvalue weighted by atomic mass is 9.98. The Bertz CT molecular complexity index is 1210. The van der Waals surface area contributed by atoms with E-state index < -0.39 is 36.9 Å². The molecule has 178 valence electrons. The first-order chi connectivity index (χ1) is 16.4. The van der Waals surface area contributed by atoms with Crippen molar-refractivity contribution in [3.05, 3.63) is 88.5 Å². The van der Waals surface area contributed by atoms with Crippen LogP contribution in [0.15, 0.2) is 60.7 Å². The molecule has 0 unspecified atom stereocenters. The summed E-state index contributed by atoms with van der Waals surface area (Å²) < 4.78 is 70.0. The van der Waals surface area contributed by atoms with E-state index in [0.717, 1.165) is 6.07 Å². The van der Waals surface area contributed by atoms with E-state index in [-0.39, 0.29) is 23.8 Å². The van der Waals surface area contributed by atoms with E-state index in [4.69, 9.17) is 30.9 Å². The largest absolute Gasteiger partial charge is 0.371 e. The number of rotatable bonds is 6. The average molecular weight is 495 g/mol. The third-order valence-corrected chi connectivity index (χ3v) is 5.61. The SMILES string of the molecule is OCOC1COC(c2ccc(-c3ccc(-c4ccc(C=C(F)F)c(F)c4)c(Cl)c3)c(F)c2)OC1. The van der Waals surface area contributed by atoms with Crippen LogP contribution in [0.5, 0.6) is 0 Å². The predicted octanol–water partition coefficient (Wildman–Crippen LogP) is 6.57. The van der Waals surface area contributed by atoms with Gasteiger partial charge in [-0.25, -0.2) is 8.78 Å². The van der Waals surface area contributed by atoms with E-state index in [2.05, 4.69) is 0 Å². The standard InChI is InChI=1S/C25H19ClF4O4/c26-21-7-14(3-5-19(21)15-1-2-16(10-24(29)30)22(27)8-15)20-6-4-17(9-23(20)28)25-32-11-18(12-33-25)34-13-31/h1-10,18,25,31H,11-13H2. The van der Waals surface area contributed by atoms with Crippen molar-refractivity contribution in [1.82, 2.24) is 0 Å². The maximum Gasteiger partial charge on any atom is 0.271 e. The molecule has 9 heteroatoms. The van der Waals surface area contributed by atoms with Gasteiger partial charge in [-0.1, -0.05) is 48.0 Å². The fourth-order valence-electron chi connectivity index (χ4n) is 3.64. The molecule has 34 heavy (non-hydrogen) atoms. The summed E-state index contributed by atoms with van der Waals surface area (Å²) in [6, 6.07) is 13.2. The molecule has 3 aromatic carbocycles. The maximum absolute atomic E-state index is 14.9. The van der Waals surface area contributed by atoms with Gasteiger partial charge in [0.2, 0.25) is 0 Å². The summed E-state index contributed by atoms with van der Waals surface area (Å²) in [6.45, 7) is -0.0397. The van der Waals surface area contributed by atoms with Crippen molar-refractivity contribution >= 4 is 17.7 Å². The van der Waals surface area contributed by atoms with Gasteiger partial charge in [-0.3, -0.25) is 0 Å². The quantitative estimate of drug-likeness (QED) is 0.311. The summed E-state index contributed by atoms with van der Waals surface area (Å²) in [6.07, 6.45) is -2.70. The zero-order valence-electron chi connectivity index (χ0n) is 17.6. The van der Waals surface area contributed by atoms with Crippen molar-refractivity contribution in [3.8, 4) is 22.3 Å². The fraction of sp³-hybridized carbons (Fsp3) is 0.200. The summed E-state index contributed by atoms with van der Waals surface area (Å²) >= 11 is 6.39. The first-order valence-corrected chi connectivity index (χ1v) is 10.6. The van der Waals surface area contributed by atoms with Crippen LogP contribution in [0.25, 0.3) is 28.3 Å². The van der Waals surface area contributed by atoms with E-state index in [0.29, 0.717) is 33.9 Å². The van der Waals surface area contributed by atoms with E-state index >= 15 is 0 Å². The van der Waals surface area contributed by atoms with Crippen LogP contribution in [-0.4, -0.2) is 31.2 Å². The number of halogens is 5. The predicted molar refractivity (Wildman–Crippen MR) is 119 cm³/mol. The van der Waals surface area contributed by atoms with E-state index in [9.17, 15) is 17.6 Å². The molecule has 1 aliphatic rings.